The molecule has 18 aromatic carbocycles. The molecular formula is C108H65N3S6. The molecule has 0 radical (unpaired) electrons. The number of thiophene rings is 6. The summed E-state index contributed by atoms with van der Waals surface area (Å²) in [5.74, 6) is 0. The minimum Gasteiger partial charge on any atom is -0.308 e. The van der Waals surface area contributed by atoms with Gasteiger partial charge in [0.1, 0.15) is 0 Å². The highest BCUT2D eigenvalue weighted by molar-refractivity contribution is 7.29. The Hall–Kier alpha value is -13.3. The van der Waals surface area contributed by atoms with Crippen LogP contribution in [0.1, 0.15) is 0 Å². The van der Waals surface area contributed by atoms with Gasteiger partial charge in [0, 0.05) is 110 Å². The smallest absolute Gasteiger partial charge is 0.0647 e. The van der Waals surface area contributed by atoms with Gasteiger partial charge in [0.15, 0.2) is 0 Å². The fraction of sp³-hybridized carbons (Fsp3) is 0. The van der Waals surface area contributed by atoms with Gasteiger partial charge in [-0.1, -0.05) is 267 Å². The number of hydrogen-bond acceptors (Lipinski definition) is 9. The van der Waals surface area contributed by atoms with E-state index in [0.29, 0.717) is 0 Å². The van der Waals surface area contributed by atoms with Crippen molar-refractivity contribution in [1.82, 2.24) is 0 Å². The highest BCUT2D eigenvalue weighted by Crippen LogP contribution is 2.56. The zero-order valence-corrected chi connectivity index (χ0v) is 67.7. The second-order valence-corrected chi connectivity index (χ2v) is 36.4. The molecule has 0 amide bonds. The van der Waals surface area contributed by atoms with Crippen molar-refractivity contribution < 1.29 is 0 Å². The van der Waals surface area contributed by atoms with Gasteiger partial charge in [-0.3, -0.25) is 0 Å². The first-order valence-electron chi connectivity index (χ1n) is 39.5. The zero-order valence-electron chi connectivity index (χ0n) is 62.8. The quantitative estimate of drug-likeness (QED) is 0.107. The molecule has 0 aliphatic rings. The fourth-order valence-corrected chi connectivity index (χ4v) is 25.2. The number of benzene rings is 18. The summed E-state index contributed by atoms with van der Waals surface area (Å²) < 4.78 is 15.1. The largest absolute Gasteiger partial charge is 0.308 e. The van der Waals surface area contributed by atoms with Gasteiger partial charge in [0.2, 0.25) is 0 Å². The Morgan fingerprint density at radius 2 is 0.436 bits per heavy atom. The van der Waals surface area contributed by atoms with Crippen LogP contribution in [0.5, 0.6) is 0 Å². The molecule has 0 fully saturated rings. The lowest BCUT2D eigenvalue weighted by atomic mass is 9.96. The van der Waals surface area contributed by atoms with Crippen LogP contribution in [0.3, 0.4) is 0 Å². The Morgan fingerprint density at radius 3 is 0.897 bits per heavy atom. The third kappa shape index (κ3) is 11.3. The molecule has 0 atom stereocenters. The second kappa shape index (κ2) is 27.7. The molecule has 0 aliphatic carbocycles. The average Bonchev–Trinajstić information content (AvgIpc) is 1.62. The standard InChI is InChI=1S/C108H65N3S6/c1-4-22-66(23-5-1)68-44-46-69(47-45-68)71-50-54-76(55-51-71)110(91-37-19-33-83-80-29-11-15-41-97(80)113-104(83)91)92-38-20-34-84-87-62-72(52-60-100(87)115-105(84)92)74-64-89-81-30-12-16-42-98(81)114-107(89)95(65-74)111(77-56-48-70(49-57-77)67-24-6-2-7-25-67)93-39-21-35-85-88-63-73(53-61-101(88)116-106(85)93)78-58-59-94(108-102(78)86-31-13-17-43-99(86)117-108)109(75-26-8-3-9-27-75)90-36-18-32-82-79-28-10-14-40-96(79)112-103(82)90/h1-65H. The summed E-state index contributed by atoms with van der Waals surface area (Å²) in [6.45, 7) is 0. The Labute approximate surface area is 698 Å². The van der Waals surface area contributed by atoms with E-state index >= 15 is 0 Å². The fourth-order valence-electron chi connectivity index (χ4n) is 18.0. The van der Waals surface area contributed by atoms with E-state index in [1.807, 2.05) is 68.0 Å². The Morgan fingerprint density at radius 1 is 0.145 bits per heavy atom. The van der Waals surface area contributed by atoms with Gasteiger partial charge in [-0.15, -0.1) is 68.0 Å². The van der Waals surface area contributed by atoms with Gasteiger partial charge in [0.25, 0.3) is 0 Å². The Bertz CT molecular complexity index is 8070. The van der Waals surface area contributed by atoms with Crippen LogP contribution in [0.15, 0.2) is 394 Å². The Kier molecular flexibility index (Phi) is 16.1. The SMILES string of the molecule is c1ccc(-c2ccc(-c3ccc(N(c4cccc5c4sc4ccccc45)c4cccc5c4sc4ccc(-c6cc(N(c7ccc(-c8ccccc8)cc7)c7cccc8c7sc7ccc(-c9ccc(N(c%10ccccc%10)c%10cccc%11c%10sc%10ccccc%10%11)c%10sc%11ccccc%11c9%10)cc78)c7sc8ccccc8c7c6)cc45)cc3)cc2)cc1. The summed E-state index contributed by atoms with van der Waals surface area (Å²) in [6, 6.07) is 147. The number of nitrogens with zero attached hydrogens (tertiary/aromatic N) is 3. The van der Waals surface area contributed by atoms with Crippen molar-refractivity contribution in [2.45, 2.75) is 0 Å². The van der Waals surface area contributed by atoms with Crippen LogP contribution in [0.25, 0.3) is 177 Å². The first-order chi connectivity index (χ1) is 58.0. The lowest BCUT2D eigenvalue weighted by Crippen LogP contribution is -2.10. The van der Waals surface area contributed by atoms with E-state index in [1.54, 1.807) is 0 Å². The molecule has 0 unspecified atom stereocenters. The molecule has 0 N–H and O–H groups in total. The number of rotatable bonds is 14. The zero-order chi connectivity index (χ0) is 76.8. The Balaban J connectivity index is 0.659. The van der Waals surface area contributed by atoms with Crippen molar-refractivity contribution >= 4 is 240 Å². The normalized spacial score (nSPS) is 11.9. The summed E-state index contributed by atoms with van der Waals surface area (Å²) in [7, 11) is 0. The first-order valence-corrected chi connectivity index (χ1v) is 44.4. The molecule has 117 heavy (non-hydrogen) atoms. The molecule has 0 saturated heterocycles. The van der Waals surface area contributed by atoms with Crippen LogP contribution in [0, 0.1) is 0 Å². The molecule has 3 nitrogen and oxygen atoms in total. The monoisotopic (exact) mass is 1600 g/mol. The summed E-state index contributed by atoms with van der Waals surface area (Å²) in [6.07, 6.45) is 0. The number of para-hydroxylation sites is 1. The van der Waals surface area contributed by atoms with Crippen molar-refractivity contribution in [3.63, 3.8) is 0 Å². The third-order valence-corrected chi connectivity index (χ3v) is 30.7. The van der Waals surface area contributed by atoms with Crippen molar-refractivity contribution in [3.8, 4) is 55.6 Å². The molecule has 0 spiro atoms. The van der Waals surface area contributed by atoms with Crippen LogP contribution in [-0.2, 0) is 0 Å². The maximum Gasteiger partial charge on any atom is 0.0647 e. The minimum absolute atomic E-state index is 1.09. The van der Waals surface area contributed by atoms with Crippen LogP contribution in [0.2, 0.25) is 0 Å². The van der Waals surface area contributed by atoms with E-state index in [0.717, 1.165) is 45.4 Å². The average molecular weight is 1600 g/mol. The summed E-state index contributed by atoms with van der Waals surface area (Å²) in [5, 5.41) is 15.1. The summed E-state index contributed by atoms with van der Waals surface area (Å²) >= 11 is 11.3. The molecule has 9 heteroatoms. The molecule has 548 valence electrons. The van der Waals surface area contributed by atoms with E-state index in [9.17, 15) is 0 Å². The van der Waals surface area contributed by atoms with Crippen molar-refractivity contribution in [2.75, 3.05) is 14.7 Å². The van der Waals surface area contributed by atoms with E-state index in [-0.39, 0.29) is 0 Å². The maximum absolute atomic E-state index is 2.58. The first kappa shape index (κ1) is 68.1. The highest BCUT2D eigenvalue weighted by atomic mass is 32.1. The molecule has 24 aromatic rings. The van der Waals surface area contributed by atoms with Crippen LogP contribution >= 0.6 is 68.0 Å². The van der Waals surface area contributed by atoms with Gasteiger partial charge in [-0.2, -0.15) is 0 Å². The highest BCUT2D eigenvalue weighted by Gasteiger charge is 2.29. The van der Waals surface area contributed by atoms with Crippen molar-refractivity contribution in [3.05, 3.63) is 394 Å². The second-order valence-electron chi connectivity index (χ2n) is 30.1. The van der Waals surface area contributed by atoms with E-state index in [1.165, 1.54) is 182 Å². The number of fused-ring (bicyclic) bond motifs is 18. The van der Waals surface area contributed by atoms with Gasteiger partial charge >= 0.3 is 0 Å². The number of hydrogen-bond donors (Lipinski definition) is 0. The molecule has 6 aromatic heterocycles. The van der Waals surface area contributed by atoms with E-state index in [2.05, 4.69) is 409 Å². The van der Waals surface area contributed by atoms with Gasteiger partial charge in [-0.25, -0.2) is 0 Å². The molecule has 24 rings (SSSR count). The summed E-state index contributed by atoms with van der Waals surface area (Å²) in [5.41, 5.74) is 22.2. The minimum atomic E-state index is 1.09. The lowest BCUT2D eigenvalue weighted by Gasteiger charge is -2.27. The third-order valence-electron chi connectivity index (χ3n) is 23.5. The van der Waals surface area contributed by atoms with Gasteiger partial charge < -0.3 is 14.7 Å². The van der Waals surface area contributed by atoms with Crippen molar-refractivity contribution in [2.24, 2.45) is 0 Å². The number of anilines is 9. The molecule has 0 bridgehead atoms. The molecular weight excluding hydrogens is 1530 g/mol. The molecule has 6 heterocycles. The summed E-state index contributed by atoms with van der Waals surface area (Å²) in [4.78, 5) is 7.61. The predicted octanol–water partition coefficient (Wildman–Crippen LogP) is 34.6. The van der Waals surface area contributed by atoms with Crippen LogP contribution in [-0.4, -0.2) is 0 Å². The van der Waals surface area contributed by atoms with E-state index in [4.69, 9.17) is 0 Å². The lowest BCUT2D eigenvalue weighted by molar-refractivity contribution is 1.32. The topological polar surface area (TPSA) is 9.72 Å². The molecule has 0 saturated carbocycles. The maximum atomic E-state index is 2.58. The predicted molar refractivity (Wildman–Crippen MR) is 515 cm³/mol. The molecule has 0 aliphatic heterocycles. The van der Waals surface area contributed by atoms with Gasteiger partial charge in [-0.05, 0) is 183 Å². The van der Waals surface area contributed by atoms with E-state index < -0.39 is 0 Å². The van der Waals surface area contributed by atoms with Gasteiger partial charge in [0.05, 0.1) is 62.3 Å². The van der Waals surface area contributed by atoms with Crippen molar-refractivity contribution in [1.29, 1.82) is 0 Å². The van der Waals surface area contributed by atoms with Crippen LogP contribution in [0.4, 0.5) is 51.2 Å². The van der Waals surface area contributed by atoms with Crippen LogP contribution < -0.4 is 14.7 Å².